The molecule has 2 amide bonds. The second-order valence-electron chi connectivity index (χ2n) is 7.96. The maximum absolute atomic E-state index is 12.8. The van der Waals surface area contributed by atoms with Gasteiger partial charge in [-0.2, -0.15) is 0 Å². The highest BCUT2D eigenvalue weighted by Gasteiger charge is 2.30. The highest BCUT2D eigenvalue weighted by atomic mass is 16.2. The number of hydrogen-bond donors (Lipinski definition) is 1. The third-order valence-electron chi connectivity index (χ3n) is 5.49. The molecule has 1 saturated carbocycles. The Morgan fingerprint density at radius 1 is 1.10 bits per heavy atom. The predicted molar refractivity (Wildman–Crippen MR) is 118 cm³/mol. The lowest BCUT2D eigenvalue weighted by atomic mass is 10.0. The summed E-state index contributed by atoms with van der Waals surface area (Å²) in [5.74, 6) is 0.356. The first kappa shape index (κ1) is 20.9. The van der Waals surface area contributed by atoms with Crippen LogP contribution in [-0.2, 0) is 16.1 Å². The third kappa shape index (κ3) is 5.17. The van der Waals surface area contributed by atoms with Crippen molar-refractivity contribution >= 4 is 23.2 Å². The van der Waals surface area contributed by atoms with Crippen molar-refractivity contribution in [2.24, 2.45) is 5.92 Å². The molecule has 0 heterocycles. The molecule has 0 aliphatic heterocycles. The highest BCUT2D eigenvalue weighted by Crippen LogP contribution is 2.32. The summed E-state index contributed by atoms with van der Waals surface area (Å²) in [5, 5.41) is 3.03. The summed E-state index contributed by atoms with van der Waals surface area (Å²) in [5.41, 5.74) is 3.97. The van der Waals surface area contributed by atoms with Crippen LogP contribution < -0.4 is 10.2 Å². The average Bonchev–Trinajstić information content (AvgIpc) is 3.57. The van der Waals surface area contributed by atoms with Crippen molar-refractivity contribution < 1.29 is 9.59 Å². The van der Waals surface area contributed by atoms with E-state index in [1.165, 1.54) is 0 Å². The largest absolute Gasteiger partial charge is 0.377 e. The molecular formula is C24H31N3O2. The molecule has 29 heavy (non-hydrogen) atoms. The van der Waals surface area contributed by atoms with Gasteiger partial charge >= 0.3 is 0 Å². The molecule has 1 unspecified atom stereocenters. The third-order valence-corrected chi connectivity index (χ3v) is 5.49. The van der Waals surface area contributed by atoms with Crippen LogP contribution in [0.1, 0.15) is 50.3 Å². The van der Waals surface area contributed by atoms with Crippen LogP contribution in [-0.4, -0.2) is 30.8 Å². The van der Waals surface area contributed by atoms with Gasteiger partial charge in [0.2, 0.25) is 11.8 Å². The summed E-state index contributed by atoms with van der Waals surface area (Å²) in [6.07, 6.45) is 2.40. The Bertz CT molecular complexity index is 860. The van der Waals surface area contributed by atoms with E-state index in [-0.39, 0.29) is 23.8 Å². The maximum Gasteiger partial charge on any atom is 0.227 e. The van der Waals surface area contributed by atoms with Crippen molar-refractivity contribution in [3.05, 3.63) is 59.7 Å². The molecule has 0 radical (unpaired) electrons. The molecule has 154 valence electrons. The molecule has 0 spiro atoms. The maximum atomic E-state index is 12.8. The van der Waals surface area contributed by atoms with Gasteiger partial charge in [0, 0.05) is 44.4 Å². The van der Waals surface area contributed by atoms with Gasteiger partial charge in [0.05, 0.1) is 6.04 Å². The Hall–Kier alpha value is -2.82. The van der Waals surface area contributed by atoms with E-state index in [1.807, 2.05) is 67.2 Å². The van der Waals surface area contributed by atoms with Crippen LogP contribution in [0.15, 0.2) is 48.5 Å². The van der Waals surface area contributed by atoms with E-state index in [0.29, 0.717) is 13.0 Å². The van der Waals surface area contributed by atoms with Crippen LogP contribution in [0.5, 0.6) is 0 Å². The van der Waals surface area contributed by atoms with E-state index >= 15 is 0 Å². The number of anilines is 2. The van der Waals surface area contributed by atoms with Crippen molar-refractivity contribution in [3.8, 4) is 0 Å². The van der Waals surface area contributed by atoms with Gasteiger partial charge in [0.1, 0.15) is 0 Å². The minimum absolute atomic E-state index is 0.0385. The zero-order chi connectivity index (χ0) is 21.0. The predicted octanol–water partition coefficient (Wildman–Crippen LogP) is 4.60. The van der Waals surface area contributed by atoms with Gasteiger partial charge in [0.15, 0.2) is 0 Å². The van der Waals surface area contributed by atoms with Crippen LogP contribution in [0, 0.1) is 5.92 Å². The molecule has 2 aromatic carbocycles. The lowest BCUT2D eigenvalue weighted by molar-refractivity contribution is -0.133. The van der Waals surface area contributed by atoms with Crippen molar-refractivity contribution in [1.29, 1.82) is 0 Å². The van der Waals surface area contributed by atoms with Gasteiger partial charge in [-0.25, -0.2) is 0 Å². The van der Waals surface area contributed by atoms with Gasteiger partial charge in [-0.3, -0.25) is 9.59 Å². The van der Waals surface area contributed by atoms with E-state index < -0.39 is 0 Å². The van der Waals surface area contributed by atoms with Crippen molar-refractivity contribution in [2.75, 3.05) is 24.3 Å². The number of benzene rings is 2. The van der Waals surface area contributed by atoms with Crippen molar-refractivity contribution in [1.82, 2.24) is 4.90 Å². The minimum Gasteiger partial charge on any atom is -0.377 e. The van der Waals surface area contributed by atoms with Gasteiger partial charge in [-0.1, -0.05) is 37.3 Å². The Balaban J connectivity index is 1.90. The molecule has 0 aromatic heterocycles. The fourth-order valence-corrected chi connectivity index (χ4v) is 3.56. The Morgan fingerprint density at radius 3 is 2.38 bits per heavy atom. The number of nitrogens with one attached hydrogen (secondary N) is 1. The fourth-order valence-electron chi connectivity index (χ4n) is 3.56. The van der Waals surface area contributed by atoms with Gasteiger partial charge < -0.3 is 15.1 Å². The Kier molecular flexibility index (Phi) is 6.57. The van der Waals surface area contributed by atoms with Gasteiger partial charge in [-0.05, 0) is 49.1 Å². The van der Waals surface area contributed by atoms with E-state index in [9.17, 15) is 9.59 Å². The van der Waals surface area contributed by atoms with Crippen LogP contribution in [0.2, 0.25) is 0 Å². The summed E-state index contributed by atoms with van der Waals surface area (Å²) < 4.78 is 0. The number of carbonyl (C=O) groups is 2. The van der Waals surface area contributed by atoms with E-state index in [2.05, 4.69) is 24.4 Å². The summed E-state index contributed by atoms with van der Waals surface area (Å²) in [6, 6.07) is 16.0. The zero-order valence-electron chi connectivity index (χ0n) is 17.8. The highest BCUT2D eigenvalue weighted by molar-refractivity contribution is 5.94. The monoisotopic (exact) mass is 393 g/mol. The molecule has 1 atom stereocenters. The first-order valence-corrected chi connectivity index (χ1v) is 10.4. The first-order chi connectivity index (χ1) is 13.9. The Morgan fingerprint density at radius 2 is 1.79 bits per heavy atom. The summed E-state index contributed by atoms with van der Waals surface area (Å²) in [7, 11) is 3.99. The van der Waals surface area contributed by atoms with Gasteiger partial charge in [-0.15, -0.1) is 0 Å². The summed E-state index contributed by atoms with van der Waals surface area (Å²) in [4.78, 5) is 29.0. The molecule has 3 rings (SSSR count). The molecule has 2 aromatic rings. The SMILES string of the molecule is CCC(=O)N(Cc1cc(NC(=O)C2CC2)ccc1N(C)C)C(C)c1ccccc1. The number of hydrogen-bond acceptors (Lipinski definition) is 3. The van der Waals surface area contributed by atoms with Crippen LogP contribution in [0.3, 0.4) is 0 Å². The standard InChI is InChI=1S/C24H31N3O2/c1-5-23(28)27(17(2)18-9-7-6-8-10-18)16-20-15-21(13-14-22(20)26(3)4)25-24(29)19-11-12-19/h6-10,13-15,17,19H,5,11-12,16H2,1-4H3,(H,25,29). The topological polar surface area (TPSA) is 52.7 Å². The second-order valence-corrected chi connectivity index (χ2v) is 7.96. The number of nitrogens with zero attached hydrogens (tertiary/aromatic N) is 2. The Labute approximate surface area is 173 Å². The van der Waals surface area contributed by atoms with Crippen LogP contribution in [0.25, 0.3) is 0 Å². The first-order valence-electron chi connectivity index (χ1n) is 10.4. The quantitative estimate of drug-likeness (QED) is 0.713. The zero-order valence-corrected chi connectivity index (χ0v) is 17.8. The lowest BCUT2D eigenvalue weighted by Gasteiger charge is -2.31. The molecule has 1 fully saturated rings. The van der Waals surface area contributed by atoms with Crippen LogP contribution >= 0.6 is 0 Å². The van der Waals surface area contributed by atoms with Gasteiger partial charge in [0.25, 0.3) is 0 Å². The molecule has 5 heteroatoms. The molecule has 1 aliphatic carbocycles. The smallest absolute Gasteiger partial charge is 0.227 e. The molecule has 0 saturated heterocycles. The van der Waals surface area contributed by atoms with E-state index in [0.717, 1.165) is 35.3 Å². The number of carbonyl (C=O) groups excluding carboxylic acids is 2. The number of rotatable bonds is 8. The van der Waals surface area contributed by atoms with Crippen molar-refractivity contribution in [3.63, 3.8) is 0 Å². The van der Waals surface area contributed by atoms with E-state index in [1.54, 1.807) is 0 Å². The lowest BCUT2D eigenvalue weighted by Crippen LogP contribution is -2.33. The fraction of sp³-hybridized carbons (Fsp3) is 0.417. The van der Waals surface area contributed by atoms with Crippen LogP contribution in [0.4, 0.5) is 11.4 Å². The molecular weight excluding hydrogens is 362 g/mol. The normalized spacial score (nSPS) is 14.2. The minimum atomic E-state index is -0.0385. The van der Waals surface area contributed by atoms with Crippen molar-refractivity contribution in [2.45, 2.75) is 45.7 Å². The molecule has 5 nitrogen and oxygen atoms in total. The second kappa shape index (κ2) is 9.12. The van der Waals surface area contributed by atoms with E-state index in [4.69, 9.17) is 0 Å². The molecule has 1 N–H and O–H groups in total. The number of amides is 2. The average molecular weight is 394 g/mol. The molecule has 1 aliphatic rings. The summed E-state index contributed by atoms with van der Waals surface area (Å²) in [6.45, 7) is 4.45. The molecule has 0 bridgehead atoms. The summed E-state index contributed by atoms with van der Waals surface area (Å²) >= 11 is 0.